The Kier molecular flexibility index (Phi) is 4.89. The van der Waals surface area contributed by atoms with Gasteiger partial charge in [0.15, 0.2) is 5.65 Å². The van der Waals surface area contributed by atoms with Crippen LogP contribution in [-0.2, 0) is 6.42 Å². The first-order chi connectivity index (χ1) is 16.1. The van der Waals surface area contributed by atoms with Crippen molar-refractivity contribution in [2.75, 3.05) is 23.7 Å². The number of nitrogen functional groups attached to an aromatic ring is 1. The van der Waals surface area contributed by atoms with Crippen molar-refractivity contribution >= 4 is 40.8 Å². The zero-order valence-corrected chi connectivity index (χ0v) is 19.3. The first-order valence-corrected chi connectivity index (χ1v) is 11.9. The van der Waals surface area contributed by atoms with Gasteiger partial charge in [-0.3, -0.25) is 4.98 Å². The molecule has 33 heavy (non-hydrogen) atoms. The van der Waals surface area contributed by atoms with Crippen molar-refractivity contribution in [3.63, 3.8) is 0 Å². The predicted octanol–water partition coefficient (Wildman–Crippen LogP) is 3.14. The number of rotatable bonds is 3. The van der Waals surface area contributed by atoms with E-state index in [9.17, 15) is 0 Å². The molecule has 2 aliphatic rings. The second kappa shape index (κ2) is 7.82. The molecule has 1 atom stereocenters. The van der Waals surface area contributed by atoms with Crippen LogP contribution in [0.5, 0.6) is 0 Å². The van der Waals surface area contributed by atoms with Crippen LogP contribution in [0.4, 0.5) is 11.8 Å². The molecule has 168 valence electrons. The van der Waals surface area contributed by atoms with E-state index in [1.165, 1.54) is 22.9 Å². The molecule has 1 fully saturated rings. The Bertz CT molecular complexity index is 1350. The zero-order valence-electron chi connectivity index (χ0n) is 17.7. The van der Waals surface area contributed by atoms with E-state index in [0.29, 0.717) is 10.8 Å². The van der Waals surface area contributed by atoms with Gasteiger partial charge in [-0.25, -0.2) is 14.4 Å². The van der Waals surface area contributed by atoms with Crippen molar-refractivity contribution in [1.29, 1.82) is 0 Å². The Balaban J connectivity index is 1.25. The standard InChI is InChI=1S/C22H22ClN9S/c23-17-15(2-6-27-19(17)25)33-16-11-28-21(32-12-29-30-20(16)32)31-7-3-22(4-8-31)9-13-1-5-26-10-14(13)18(22)24/h1-2,5-6,10-12,18H,3-4,7-9,24H2,(H2,25,27)/t18-/m0/s1. The molecule has 4 aromatic rings. The monoisotopic (exact) mass is 479 g/mol. The molecule has 4 aromatic heterocycles. The summed E-state index contributed by atoms with van der Waals surface area (Å²) in [5.74, 6) is 1.13. The second-order valence-electron chi connectivity index (χ2n) is 8.64. The Morgan fingerprint density at radius 3 is 2.76 bits per heavy atom. The lowest BCUT2D eigenvalue weighted by Crippen LogP contribution is -2.45. The van der Waals surface area contributed by atoms with Gasteiger partial charge in [-0.2, -0.15) is 0 Å². The molecule has 0 amide bonds. The number of piperidine rings is 1. The number of hydrogen-bond acceptors (Lipinski definition) is 9. The highest BCUT2D eigenvalue weighted by molar-refractivity contribution is 7.99. The Morgan fingerprint density at radius 2 is 1.94 bits per heavy atom. The fourth-order valence-corrected chi connectivity index (χ4v) is 6.19. The number of anilines is 2. The van der Waals surface area contributed by atoms with Gasteiger partial charge in [0, 0.05) is 48.8 Å². The molecule has 9 nitrogen and oxygen atoms in total. The fraction of sp³-hybridized carbons (Fsp3) is 0.318. The molecule has 11 heteroatoms. The van der Waals surface area contributed by atoms with Gasteiger partial charge in [0.2, 0.25) is 5.95 Å². The number of nitrogens with two attached hydrogens (primary N) is 2. The maximum absolute atomic E-state index is 6.70. The van der Waals surface area contributed by atoms with Gasteiger partial charge in [-0.05, 0) is 47.9 Å². The lowest BCUT2D eigenvalue weighted by atomic mass is 9.73. The van der Waals surface area contributed by atoms with Crippen LogP contribution in [0.3, 0.4) is 0 Å². The van der Waals surface area contributed by atoms with Crippen LogP contribution in [-0.4, -0.2) is 42.6 Å². The molecule has 1 aliphatic heterocycles. The van der Waals surface area contributed by atoms with Crippen molar-refractivity contribution in [3.8, 4) is 0 Å². The summed E-state index contributed by atoms with van der Waals surface area (Å²) < 4.78 is 1.94. The molecule has 5 heterocycles. The third-order valence-corrected chi connectivity index (χ3v) is 8.48. The average molecular weight is 480 g/mol. The summed E-state index contributed by atoms with van der Waals surface area (Å²) in [6, 6.07) is 3.96. The van der Waals surface area contributed by atoms with Crippen molar-refractivity contribution in [2.24, 2.45) is 11.1 Å². The maximum Gasteiger partial charge on any atom is 0.212 e. The van der Waals surface area contributed by atoms with Gasteiger partial charge in [0.1, 0.15) is 12.1 Å². The first-order valence-electron chi connectivity index (χ1n) is 10.8. The second-order valence-corrected chi connectivity index (χ2v) is 10.1. The van der Waals surface area contributed by atoms with E-state index < -0.39 is 0 Å². The summed E-state index contributed by atoms with van der Waals surface area (Å²) in [7, 11) is 0. The number of aromatic nitrogens is 6. The van der Waals surface area contributed by atoms with E-state index in [1.807, 2.05) is 29.1 Å². The molecule has 1 aliphatic carbocycles. The van der Waals surface area contributed by atoms with E-state index in [1.54, 1.807) is 12.5 Å². The van der Waals surface area contributed by atoms with Crippen molar-refractivity contribution in [2.45, 2.75) is 35.1 Å². The van der Waals surface area contributed by atoms with Crippen LogP contribution < -0.4 is 16.4 Å². The van der Waals surface area contributed by atoms with Gasteiger partial charge < -0.3 is 16.4 Å². The highest BCUT2D eigenvalue weighted by Gasteiger charge is 2.46. The van der Waals surface area contributed by atoms with Crippen LogP contribution in [0.25, 0.3) is 5.65 Å². The summed E-state index contributed by atoms with van der Waals surface area (Å²) in [5.41, 5.74) is 15.9. The molecular weight excluding hydrogens is 458 g/mol. The number of hydrogen-bond donors (Lipinski definition) is 2. The molecular formula is C22H22ClN9S. The highest BCUT2D eigenvalue weighted by Crippen LogP contribution is 2.50. The third-order valence-electron chi connectivity index (χ3n) is 6.91. The van der Waals surface area contributed by atoms with Crippen LogP contribution in [0, 0.1) is 5.41 Å². The predicted molar refractivity (Wildman–Crippen MR) is 127 cm³/mol. The van der Waals surface area contributed by atoms with Gasteiger partial charge in [-0.15, -0.1) is 10.2 Å². The Hall–Kier alpha value is -2.95. The third kappa shape index (κ3) is 3.32. The largest absolute Gasteiger partial charge is 0.382 e. The molecule has 1 saturated heterocycles. The molecule has 0 radical (unpaired) electrons. The van der Waals surface area contributed by atoms with Crippen LogP contribution in [0.15, 0.2) is 53.0 Å². The molecule has 0 unspecified atom stereocenters. The molecule has 0 bridgehead atoms. The first kappa shape index (κ1) is 20.6. The lowest BCUT2D eigenvalue weighted by Gasteiger charge is -2.42. The highest BCUT2D eigenvalue weighted by atomic mass is 35.5. The normalized spacial score (nSPS) is 19.3. The summed E-state index contributed by atoms with van der Waals surface area (Å²) in [4.78, 5) is 17.0. The summed E-state index contributed by atoms with van der Waals surface area (Å²) in [6.07, 6.45) is 12.0. The smallest absolute Gasteiger partial charge is 0.212 e. The quantitative estimate of drug-likeness (QED) is 0.455. The minimum Gasteiger partial charge on any atom is -0.382 e. The summed E-state index contributed by atoms with van der Waals surface area (Å²) in [6.45, 7) is 1.74. The van der Waals surface area contributed by atoms with Crippen molar-refractivity contribution in [3.05, 3.63) is 59.4 Å². The van der Waals surface area contributed by atoms with Crippen molar-refractivity contribution < 1.29 is 0 Å². The minimum atomic E-state index is 0.0302. The minimum absolute atomic E-state index is 0.0302. The van der Waals surface area contributed by atoms with Crippen LogP contribution in [0.1, 0.15) is 30.0 Å². The molecule has 4 N–H and O–H groups in total. The molecule has 0 saturated carbocycles. The van der Waals surface area contributed by atoms with E-state index in [4.69, 9.17) is 28.1 Å². The SMILES string of the molecule is Nc1nccc(Sc2cnc(N3CCC4(CC3)Cc3ccncc3[C@@H]4N)n3cnnc23)c1Cl. The average Bonchev–Trinajstić information content (AvgIpc) is 3.42. The summed E-state index contributed by atoms with van der Waals surface area (Å²) in [5, 5.41) is 8.91. The molecule has 1 spiro atoms. The zero-order chi connectivity index (χ0) is 22.6. The number of halogens is 1. The maximum atomic E-state index is 6.70. The molecule has 6 rings (SSSR count). The van der Waals surface area contributed by atoms with E-state index in [0.717, 1.165) is 53.7 Å². The van der Waals surface area contributed by atoms with E-state index in [-0.39, 0.29) is 11.5 Å². The van der Waals surface area contributed by atoms with E-state index in [2.05, 4.69) is 31.1 Å². The number of pyridine rings is 2. The van der Waals surface area contributed by atoms with Crippen LogP contribution in [0.2, 0.25) is 5.02 Å². The Morgan fingerprint density at radius 1 is 1.09 bits per heavy atom. The number of nitrogens with zero attached hydrogens (tertiary/aromatic N) is 7. The number of fused-ring (bicyclic) bond motifs is 2. The van der Waals surface area contributed by atoms with Gasteiger partial charge in [0.25, 0.3) is 0 Å². The van der Waals surface area contributed by atoms with Gasteiger partial charge in [-0.1, -0.05) is 23.4 Å². The van der Waals surface area contributed by atoms with Gasteiger partial charge >= 0.3 is 0 Å². The molecule has 0 aromatic carbocycles. The van der Waals surface area contributed by atoms with Gasteiger partial charge in [0.05, 0.1) is 9.92 Å². The van der Waals surface area contributed by atoms with E-state index >= 15 is 0 Å². The lowest BCUT2D eigenvalue weighted by molar-refractivity contribution is 0.186. The topological polar surface area (TPSA) is 124 Å². The Labute approximate surface area is 199 Å². The van der Waals surface area contributed by atoms with Crippen molar-refractivity contribution in [1.82, 2.24) is 29.5 Å². The van der Waals surface area contributed by atoms with Crippen LogP contribution >= 0.6 is 23.4 Å². The fourth-order valence-electron chi connectivity index (χ4n) is 5.07. The summed E-state index contributed by atoms with van der Waals surface area (Å²) >= 11 is 7.78.